The molecule has 0 fully saturated rings. The normalized spacial score (nSPS) is 11.1. The van der Waals surface area contributed by atoms with Crippen molar-refractivity contribution >= 4 is 39.2 Å². The summed E-state index contributed by atoms with van der Waals surface area (Å²) in [4.78, 5) is 33.3. The first-order valence-corrected chi connectivity index (χ1v) is 10.5. The number of aromatic amines is 1. The van der Waals surface area contributed by atoms with E-state index in [1.807, 2.05) is 13.8 Å². The minimum Gasteiger partial charge on any atom is -0.355 e. The zero-order valence-electron chi connectivity index (χ0n) is 15.1. The van der Waals surface area contributed by atoms with Gasteiger partial charge < -0.3 is 10.3 Å². The average molecular weight is 406 g/mol. The van der Waals surface area contributed by atoms with E-state index >= 15 is 0 Å². The molecule has 0 saturated carbocycles. The third kappa shape index (κ3) is 4.95. The Bertz CT molecular complexity index is 1010. The van der Waals surface area contributed by atoms with Crippen LogP contribution in [0.25, 0.3) is 10.2 Å². The molecule has 0 saturated heterocycles. The van der Waals surface area contributed by atoms with Gasteiger partial charge in [-0.25, -0.2) is 9.37 Å². The van der Waals surface area contributed by atoms with Gasteiger partial charge in [-0.15, -0.1) is 23.1 Å². The summed E-state index contributed by atoms with van der Waals surface area (Å²) in [5.41, 5.74) is 1.82. The topological polar surface area (TPSA) is 74.8 Å². The maximum atomic E-state index is 12.8. The zero-order chi connectivity index (χ0) is 19.4. The summed E-state index contributed by atoms with van der Waals surface area (Å²) in [6.45, 7) is 4.40. The second-order valence-corrected chi connectivity index (χ2v) is 8.38. The Morgan fingerprint density at radius 3 is 2.78 bits per heavy atom. The number of carbonyl (C=O) groups is 1. The minimum absolute atomic E-state index is 0.0756. The molecule has 2 N–H and O–H groups in total. The third-order valence-electron chi connectivity index (χ3n) is 4.21. The number of nitrogens with zero attached hydrogens (tertiary/aromatic N) is 1. The van der Waals surface area contributed by atoms with E-state index in [4.69, 9.17) is 0 Å². The van der Waals surface area contributed by atoms with Gasteiger partial charge in [-0.2, -0.15) is 0 Å². The standard InChI is InChI=1S/C19H20FN3O2S2/c1-11-12(2)27-19-17(11)18(25)22-15(23-19)9-26-10-16(24)21-8-7-13-3-5-14(20)6-4-13/h3-6H,7-10H2,1-2H3,(H,21,24)(H,22,23,25). The molecule has 27 heavy (non-hydrogen) atoms. The second-order valence-electron chi connectivity index (χ2n) is 6.20. The van der Waals surface area contributed by atoms with Gasteiger partial charge in [0.1, 0.15) is 16.5 Å². The lowest BCUT2D eigenvalue weighted by molar-refractivity contribution is -0.118. The molecule has 0 spiro atoms. The van der Waals surface area contributed by atoms with Gasteiger partial charge in [-0.05, 0) is 43.5 Å². The fourth-order valence-electron chi connectivity index (χ4n) is 2.66. The number of thiophene rings is 1. The van der Waals surface area contributed by atoms with Crippen molar-refractivity contribution in [2.45, 2.75) is 26.0 Å². The van der Waals surface area contributed by atoms with Crippen LogP contribution in [-0.2, 0) is 17.0 Å². The van der Waals surface area contributed by atoms with Crippen LogP contribution < -0.4 is 10.9 Å². The summed E-state index contributed by atoms with van der Waals surface area (Å²) in [6, 6.07) is 6.24. The van der Waals surface area contributed by atoms with Gasteiger partial charge in [-0.1, -0.05) is 12.1 Å². The molecule has 3 rings (SSSR count). The number of amides is 1. The van der Waals surface area contributed by atoms with Gasteiger partial charge in [0, 0.05) is 11.4 Å². The summed E-state index contributed by atoms with van der Waals surface area (Å²) in [6.07, 6.45) is 0.652. The number of H-pyrrole nitrogens is 1. The molecule has 142 valence electrons. The number of fused-ring (bicyclic) bond motifs is 1. The SMILES string of the molecule is Cc1sc2nc(CSCC(=O)NCCc3ccc(F)cc3)[nH]c(=O)c2c1C. The van der Waals surface area contributed by atoms with Crippen LogP contribution in [0.5, 0.6) is 0 Å². The Kier molecular flexibility index (Phi) is 6.28. The molecule has 3 aromatic rings. The van der Waals surface area contributed by atoms with Crippen LogP contribution in [0.15, 0.2) is 29.1 Å². The largest absolute Gasteiger partial charge is 0.355 e. The quantitative estimate of drug-likeness (QED) is 0.632. The number of carbonyl (C=O) groups excluding carboxylic acids is 1. The molecule has 0 aliphatic carbocycles. The van der Waals surface area contributed by atoms with Crippen LogP contribution in [0.4, 0.5) is 4.39 Å². The van der Waals surface area contributed by atoms with Crippen molar-refractivity contribution in [3.8, 4) is 0 Å². The van der Waals surface area contributed by atoms with Crippen LogP contribution >= 0.6 is 23.1 Å². The third-order valence-corrected chi connectivity index (χ3v) is 6.25. The highest BCUT2D eigenvalue weighted by atomic mass is 32.2. The Morgan fingerprint density at radius 2 is 2.04 bits per heavy atom. The number of thioether (sulfide) groups is 1. The predicted molar refractivity (Wildman–Crippen MR) is 109 cm³/mol. The van der Waals surface area contributed by atoms with Crippen molar-refractivity contribution in [3.63, 3.8) is 0 Å². The Hall–Kier alpha value is -2.19. The highest BCUT2D eigenvalue weighted by Crippen LogP contribution is 2.26. The number of hydrogen-bond donors (Lipinski definition) is 2. The van der Waals surface area contributed by atoms with Crippen LogP contribution in [0.1, 0.15) is 21.8 Å². The molecule has 0 radical (unpaired) electrons. The highest BCUT2D eigenvalue weighted by molar-refractivity contribution is 7.99. The number of rotatable bonds is 7. The van der Waals surface area contributed by atoms with Gasteiger partial charge >= 0.3 is 0 Å². The smallest absolute Gasteiger partial charge is 0.259 e. The molecule has 0 aliphatic rings. The first-order chi connectivity index (χ1) is 12.9. The van der Waals surface area contributed by atoms with Crippen LogP contribution in [0.3, 0.4) is 0 Å². The highest BCUT2D eigenvalue weighted by Gasteiger charge is 2.12. The monoisotopic (exact) mass is 405 g/mol. The minimum atomic E-state index is -0.267. The van der Waals surface area contributed by atoms with Crippen LogP contribution in [-0.4, -0.2) is 28.2 Å². The molecular formula is C19H20FN3O2S2. The summed E-state index contributed by atoms with van der Waals surface area (Å²) in [5.74, 6) is 0.989. The fraction of sp³-hybridized carbons (Fsp3) is 0.316. The van der Waals surface area contributed by atoms with Crippen molar-refractivity contribution in [1.29, 1.82) is 0 Å². The summed E-state index contributed by atoms with van der Waals surface area (Å²) < 4.78 is 12.8. The predicted octanol–water partition coefficient (Wildman–Crippen LogP) is 3.33. The number of halogens is 1. The van der Waals surface area contributed by atoms with Crippen molar-refractivity contribution < 1.29 is 9.18 Å². The van der Waals surface area contributed by atoms with Gasteiger partial charge in [-0.3, -0.25) is 9.59 Å². The van der Waals surface area contributed by atoms with Gasteiger partial charge in [0.25, 0.3) is 5.56 Å². The summed E-state index contributed by atoms with van der Waals surface area (Å²) in [7, 11) is 0. The van der Waals surface area contributed by atoms with E-state index in [1.54, 1.807) is 12.1 Å². The first kappa shape index (κ1) is 19.6. The number of hydrogen-bond acceptors (Lipinski definition) is 5. The molecule has 2 aromatic heterocycles. The average Bonchev–Trinajstić information content (AvgIpc) is 2.91. The van der Waals surface area contributed by atoms with Gasteiger partial charge in [0.15, 0.2) is 0 Å². The number of aromatic nitrogens is 2. The molecule has 0 atom stereocenters. The van der Waals surface area contributed by atoms with E-state index in [2.05, 4.69) is 15.3 Å². The molecule has 8 heteroatoms. The zero-order valence-corrected chi connectivity index (χ0v) is 16.7. The van der Waals surface area contributed by atoms with Crippen LogP contribution in [0.2, 0.25) is 0 Å². The van der Waals surface area contributed by atoms with Crippen LogP contribution in [0, 0.1) is 19.7 Å². The van der Waals surface area contributed by atoms with Gasteiger partial charge in [0.2, 0.25) is 5.91 Å². The van der Waals surface area contributed by atoms with Crippen molar-refractivity contribution in [2.24, 2.45) is 0 Å². The van der Waals surface area contributed by atoms with Crippen molar-refractivity contribution in [2.75, 3.05) is 12.3 Å². The maximum Gasteiger partial charge on any atom is 0.259 e. The molecular weight excluding hydrogens is 385 g/mol. The van der Waals surface area contributed by atoms with E-state index in [1.165, 1.54) is 35.2 Å². The Balaban J connectivity index is 1.46. The van der Waals surface area contributed by atoms with E-state index in [0.717, 1.165) is 20.8 Å². The Labute approximate surface area is 164 Å². The molecule has 1 amide bonds. The molecule has 1 aromatic carbocycles. The lowest BCUT2D eigenvalue weighted by Gasteiger charge is -2.05. The first-order valence-electron chi connectivity index (χ1n) is 8.52. The summed E-state index contributed by atoms with van der Waals surface area (Å²) >= 11 is 2.91. The van der Waals surface area contributed by atoms with E-state index in [0.29, 0.717) is 29.9 Å². The molecule has 0 unspecified atom stereocenters. The van der Waals surface area contributed by atoms with Gasteiger partial charge in [0.05, 0.1) is 16.9 Å². The lowest BCUT2D eigenvalue weighted by atomic mass is 10.1. The van der Waals surface area contributed by atoms with E-state index in [9.17, 15) is 14.0 Å². The number of benzene rings is 1. The molecule has 0 bridgehead atoms. The van der Waals surface area contributed by atoms with Crippen molar-refractivity contribution in [1.82, 2.24) is 15.3 Å². The summed E-state index contributed by atoms with van der Waals surface area (Å²) in [5, 5.41) is 3.50. The van der Waals surface area contributed by atoms with E-state index in [-0.39, 0.29) is 23.0 Å². The number of nitrogens with one attached hydrogen (secondary N) is 2. The maximum absolute atomic E-state index is 12.8. The fourth-order valence-corrected chi connectivity index (χ4v) is 4.42. The van der Waals surface area contributed by atoms with E-state index < -0.39 is 0 Å². The molecule has 0 aliphatic heterocycles. The molecule has 2 heterocycles. The second kappa shape index (κ2) is 8.67. The molecule has 5 nitrogen and oxygen atoms in total. The lowest BCUT2D eigenvalue weighted by Crippen LogP contribution is -2.27. The Morgan fingerprint density at radius 1 is 1.30 bits per heavy atom. The number of aryl methyl sites for hydroxylation is 2. The van der Waals surface area contributed by atoms with Crippen molar-refractivity contribution in [3.05, 3.63) is 62.3 Å².